The Balaban J connectivity index is 2.07. The van der Waals surface area contributed by atoms with Gasteiger partial charge in [-0.15, -0.1) is 0 Å². The molecule has 0 saturated heterocycles. The van der Waals surface area contributed by atoms with Gasteiger partial charge >= 0.3 is 11.8 Å². The Morgan fingerprint density at radius 2 is 1.70 bits per heavy atom. The largest absolute Gasteiger partial charge is 0.506 e. The molecular weight excluding hydrogens is 294 g/mol. The molecule has 2 aromatic carbocycles. The Bertz CT molecular complexity index is 742. The van der Waals surface area contributed by atoms with Crippen molar-refractivity contribution >= 4 is 28.9 Å². The summed E-state index contributed by atoms with van der Waals surface area (Å²) in [6.45, 7) is 1.82. The maximum absolute atomic E-state index is 12.0. The second kappa shape index (κ2) is 6.83. The van der Waals surface area contributed by atoms with Crippen LogP contribution in [0, 0.1) is 6.92 Å². The van der Waals surface area contributed by atoms with E-state index in [0.717, 1.165) is 11.3 Å². The predicted octanol–water partition coefficient (Wildman–Crippen LogP) is 2.34. The van der Waals surface area contributed by atoms with Crippen molar-refractivity contribution in [3.8, 4) is 5.75 Å². The van der Waals surface area contributed by atoms with Gasteiger partial charge in [-0.1, -0.05) is 12.1 Å². The van der Waals surface area contributed by atoms with E-state index in [1.54, 1.807) is 30.3 Å². The summed E-state index contributed by atoms with van der Waals surface area (Å²) in [5, 5.41) is 14.6. The van der Waals surface area contributed by atoms with Gasteiger partial charge in [0.15, 0.2) is 0 Å². The first-order chi connectivity index (χ1) is 10.9. The van der Waals surface area contributed by atoms with E-state index in [1.165, 1.54) is 6.07 Å². The zero-order valence-corrected chi connectivity index (χ0v) is 13.3. The fraction of sp³-hybridized carbons (Fsp3) is 0.176. The summed E-state index contributed by atoms with van der Waals surface area (Å²) < 4.78 is 0. The van der Waals surface area contributed by atoms with Crippen LogP contribution in [0.4, 0.5) is 17.1 Å². The molecule has 0 saturated carbocycles. The highest BCUT2D eigenvalue weighted by atomic mass is 16.3. The number of benzene rings is 2. The Labute approximate surface area is 134 Å². The number of carbonyl (C=O) groups excluding carboxylic acids is 2. The minimum absolute atomic E-state index is 0.0913. The van der Waals surface area contributed by atoms with Crippen LogP contribution in [0.25, 0.3) is 0 Å². The number of phenols is 1. The number of anilines is 3. The quantitative estimate of drug-likeness (QED) is 0.600. The molecule has 0 bridgehead atoms. The number of nitrogens with one attached hydrogen (secondary N) is 2. The van der Waals surface area contributed by atoms with Gasteiger partial charge in [0, 0.05) is 25.5 Å². The van der Waals surface area contributed by atoms with E-state index in [1.807, 2.05) is 32.0 Å². The molecule has 0 unspecified atom stereocenters. The van der Waals surface area contributed by atoms with Crippen LogP contribution in [-0.2, 0) is 9.59 Å². The van der Waals surface area contributed by atoms with Crippen molar-refractivity contribution in [2.75, 3.05) is 29.6 Å². The monoisotopic (exact) mass is 313 g/mol. The average Bonchev–Trinajstić information content (AvgIpc) is 2.51. The molecule has 3 N–H and O–H groups in total. The fourth-order valence-electron chi connectivity index (χ4n) is 1.98. The van der Waals surface area contributed by atoms with Crippen LogP contribution in [0.1, 0.15) is 5.56 Å². The van der Waals surface area contributed by atoms with E-state index < -0.39 is 11.8 Å². The summed E-state index contributed by atoms with van der Waals surface area (Å²) in [6, 6.07) is 11.9. The SMILES string of the molecule is Cc1ccc(O)c(NC(=O)C(=O)Nc2cccc(N(C)C)c2)c1. The number of phenolic OH excluding ortho intramolecular Hbond substituents is 1. The maximum atomic E-state index is 12.0. The lowest BCUT2D eigenvalue weighted by Crippen LogP contribution is -2.29. The molecule has 0 aromatic heterocycles. The van der Waals surface area contributed by atoms with Crippen LogP contribution in [0.3, 0.4) is 0 Å². The highest BCUT2D eigenvalue weighted by molar-refractivity contribution is 6.43. The molecule has 0 aliphatic rings. The van der Waals surface area contributed by atoms with Crippen molar-refractivity contribution in [1.29, 1.82) is 0 Å². The number of rotatable bonds is 3. The first kappa shape index (κ1) is 16.4. The number of aromatic hydroxyl groups is 1. The summed E-state index contributed by atoms with van der Waals surface area (Å²) in [5.41, 5.74) is 2.48. The average molecular weight is 313 g/mol. The normalized spacial score (nSPS) is 10.0. The smallest absolute Gasteiger partial charge is 0.314 e. The fourth-order valence-corrected chi connectivity index (χ4v) is 1.98. The summed E-state index contributed by atoms with van der Waals surface area (Å²) in [5.74, 6) is -1.74. The number of nitrogens with zero attached hydrogens (tertiary/aromatic N) is 1. The maximum Gasteiger partial charge on any atom is 0.314 e. The summed E-state index contributed by atoms with van der Waals surface area (Å²) in [4.78, 5) is 25.8. The van der Waals surface area contributed by atoms with Gasteiger partial charge in [-0.25, -0.2) is 0 Å². The highest BCUT2D eigenvalue weighted by Crippen LogP contribution is 2.24. The number of hydrogen-bond acceptors (Lipinski definition) is 4. The third-order valence-corrected chi connectivity index (χ3v) is 3.23. The first-order valence-corrected chi connectivity index (χ1v) is 7.06. The van der Waals surface area contributed by atoms with E-state index in [2.05, 4.69) is 10.6 Å². The van der Waals surface area contributed by atoms with Crippen molar-refractivity contribution in [2.24, 2.45) is 0 Å². The second-order valence-corrected chi connectivity index (χ2v) is 5.37. The van der Waals surface area contributed by atoms with Crippen LogP contribution < -0.4 is 15.5 Å². The third kappa shape index (κ3) is 4.23. The van der Waals surface area contributed by atoms with E-state index in [0.29, 0.717) is 5.69 Å². The van der Waals surface area contributed by atoms with Crippen LogP contribution in [-0.4, -0.2) is 31.0 Å². The van der Waals surface area contributed by atoms with Crippen LogP contribution in [0.5, 0.6) is 5.75 Å². The molecule has 0 spiro atoms. The molecule has 0 aliphatic carbocycles. The zero-order valence-electron chi connectivity index (χ0n) is 13.3. The lowest BCUT2D eigenvalue weighted by Gasteiger charge is -2.14. The van der Waals surface area contributed by atoms with Crippen molar-refractivity contribution in [3.63, 3.8) is 0 Å². The van der Waals surface area contributed by atoms with Gasteiger partial charge < -0.3 is 20.6 Å². The molecule has 120 valence electrons. The standard InChI is InChI=1S/C17H19N3O3/c1-11-7-8-15(21)14(9-11)19-17(23)16(22)18-12-5-4-6-13(10-12)20(2)3/h4-10,21H,1-3H3,(H,18,22)(H,19,23). The highest BCUT2D eigenvalue weighted by Gasteiger charge is 2.16. The van der Waals surface area contributed by atoms with Gasteiger partial charge in [0.2, 0.25) is 0 Å². The molecule has 2 amide bonds. The van der Waals surface area contributed by atoms with Crippen LogP contribution in [0.15, 0.2) is 42.5 Å². The molecular formula is C17H19N3O3. The molecule has 0 radical (unpaired) electrons. The van der Waals surface area contributed by atoms with E-state index >= 15 is 0 Å². The Morgan fingerprint density at radius 1 is 1.00 bits per heavy atom. The lowest BCUT2D eigenvalue weighted by atomic mass is 10.2. The molecule has 0 atom stereocenters. The first-order valence-electron chi connectivity index (χ1n) is 7.06. The van der Waals surface area contributed by atoms with E-state index in [9.17, 15) is 14.7 Å². The molecule has 0 heterocycles. The number of carbonyl (C=O) groups is 2. The minimum atomic E-state index is -0.846. The molecule has 2 rings (SSSR count). The van der Waals surface area contributed by atoms with Crippen molar-refractivity contribution < 1.29 is 14.7 Å². The summed E-state index contributed by atoms with van der Waals surface area (Å²) in [7, 11) is 3.77. The van der Waals surface area contributed by atoms with E-state index in [4.69, 9.17) is 0 Å². The van der Waals surface area contributed by atoms with Crippen molar-refractivity contribution in [3.05, 3.63) is 48.0 Å². The minimum Gasteiger partial charge on any atom is -0.506 e. The van der Waals surface area contributed by atoms with Crippen LogP contribution >= 0.6 is 0 Å². The second-order valence-electron chi connectivity index (χ2n) is 5.37. The van der Waals surface area contributed by atoms with Gasteiger partial charge in [-0.05, 0) is 42.8 Å². The number of aryl methyl sites for hydroxylation is 1. The Morgan fingerprint density at radius 3 is 2.39 bits per heavy atom. The van der Waals surface area contributed by atoms with Gasteiger partial charge in [0.05, 0.1) is 5.69 Å². The van der Waals surface area contributed by atoms with Gasteiger partial charge in [-0.3, -0.25) is 9.59 Å². The van der Waals surface area contributed by atoms with Crippen LogP contribution in [0.2, 0.25) is 0 Å². The van der Waals surface area contributed by atoms with Gasteiger partial charge in [-0.2, -0.15) is 0 Å². The Kier molecular flexibility index (Phi) is 4.85. The summed E-state index contributed by atoms with van der Waals surface area (Å²) >= 11 is 0. The molecule has 6 nitrogen and oxygen atoms in total. The van der Waals surface area contributed by atoms with E-state index in [-0.39, 0.29) is 11.4 Å². The lowest BCUT2D eigenvalue weighted by molar-refractivity contribution is -0.133. The van der Waals surface area contributed by atoms with Gasteiger partial charge in [0.1, 0.15) is 5.75 Å². The molecule has 0 fully saturated rings. The molecule has 23 heavy (non-hydrogen) atoms. The topological polar surface area (TPSA) is 81.7 Å². The van der Waals surface area contributed by atoms with Crippen molar-refractivity contribution in [1.82, 2.24) is 0 Å². The number of amides is 2. The zero-order chi connectivity index (χ0) is 17.0. The Hall–Kier alpha value is -3.02. The third-order valence-electron chi connectivity index (χ3n) is 3.23. The molecule has 0 aliphatic heterocycles. The summed E-state index contributed by atoms with van der Waals surface area (Å²) in [6.07, 6.45) is 0. The molecule has 2 aromatic rings. The van der Waals surface area contributed by atoms with Crippen molar-refractivity contribution in [2.45, 2.75) is 6.92 Å². The number of hydrogen-bond donors (Lipinski definition) is 3. The van der Waals surface area contributed by atoms with Gasteiger partial charge in [0.25, 0.3) is 0 Å². The predicted molar refractivity (Wildman–Crippen MR) is 90.9 cm³/mol. The molecule has 6 heteroatoms.